The Hall–Kier alpha value is -4.40. The number of ether oxygens (including phenoxy) is 2. The van der Waals surface area contributed by atoms with Gasteiger partial charge >= 0.3 is 11.9 Å². The first-order valence-electron chi connectivity index (χ1n) is 9.74. The van der Waals surface area contributed by atoms with Gasteiger partial charge in [-0.15, -0.1) is 0 Å². The van der Waals surface area contributed by atoms with E-state index in [0.717, 1.165) is 6.07 Å². The number of aromatic hydroxyl groups is 4. The Kier molecular flexibility index (Phi) is 6.34. The number of benzene rings is 3. The number of hydrogen-bond acceptors (Lipinski definition) is 8. The van der Waals surface area contributed by atoms with Crippen LogP contribution < -0.4 is 9.47 Å². The number of phenolic OH excluding ortho intramolecular Hbond substituents is 3. The number of carbonyl (C=O) groups excluding carboxylic acids is 1. The van der Waals surface area contributed by atoms with Crippen LogP contribution in [-0.4, -0.2) is 37.5 Å². The maximum atomic E-state index is 12.5. The Bertz CT molecular complexity index is 1190. The van der Waals surface area contributed by atoms with Crippen LogP contribution in [0.1, 0.15) is 43.0 Å². The van der Waals surface area contributed by atoms with Crippen molar-refractivity contribution in [3.8, 4) is 34.5 Å². The van der Waals surface area contributed by atoms with Crippen molar-refractivity contribution in [2.45, 2.75) is 27.4 Å². The monoisotopic (exact) mass is 454 g/mol. The zero-order valence-electron chi connectivity index (χ0n) is 18.0. The molecule has 9 heteroatoms. The highest BCUT2D eigenvalue weighted by molar-refractivity contribution is 5.95. The van der Waals surface area contributed by atoms with Gasteiger partial charge in [-0.3, -0.25) is 0 Å². The number of rotatable bonds is 6. The number of aromatic carboxylic acids is 1. The first-order valence-corrected chi connectivity index (χ1v) is 9.74. The van der Waals surface area contributed by atoms with Gasteiger partial charge in [-0.1, -0.05) is 0 Å². The number of aryl methyl sites for hydroxylation is 3. The molecule has 0 bridgehead atoms. The van der Waals surface area contributed by atoms with Gasteiger partial charge < -0.3 is 35.0 Å². The van der Waals surface area contributed by atoms with E-state index in [0.29, 0.717) is 22.3 Å². The number of phenols is 4. The normalized spacial score (nSPS) is 10.6. The topological polar surface area (TPSA) is 154 Å². The average Bonchev–Trinajstić information content (AvgIpc) is 2.65. The van der Waals surface area contributed by atoms with E-state index < -0.39 is 23.4 Å². The smallest absolute Gasteiger partial charge is 0.347 e. The summed E-state index contributed by atoms with van der Waals surface area (Å²) in [5, 5.41) is 48.9. The number of carboxylic acid groups (broad SMARTS) is 1. The molecule has 0 radical (unpaired) electrons. The Labute approximate surface area is 188 Å². The lowest BCUT2D eigenvalue weighted by molar-refractivity contribution is 0.0690. The van der Waals surface area contributed by atoms with Crippen molar-refractivity contribution in [1.82, 2.24) is 0 Å². The largest absolute Gasteiger partial charge is 0.508 e. The fourth-order valence-electron chi connectivity index (χ4n) is 3.44. The summed E-state index contributed by atoms with van der Waals surface area (Å²) in [6.45, 7) is 4.61. The summed E-state index contributed by atoms with van der Waals surface area (Å²) in [7, 11) is 0. The van der Waals surface area contributed by atoms with Gasteiger partial charge in [0.1, 0.15) is 52.2 Å². The quantitative estimate of drug-likeness (QED) is 0.275. The minimum absolute atomic E-state index is 0.0323. The molecule has 9 nitrogen and oxygen atoms in total. The van der Waals surface area contributed by atoms with E-state index in [9.17, 15) is 30.0 Å². The second-order valence-electron chi connectivity index (χ2n) is 7.51. The van der Waals surface area contributed by atoms with E-state index in [1.165, 1.54) is 44.2 Å². The third-order valence-electron chi connectivity index (χ3n) is 5.02. The lowest BCUT2D eigenvalue weighted by Crippen LogP contribution is -2.11. The van der Waals surface area contributed by atoms with Crippen LogP contribution in [0.2, 0.25) is 0 Å². The van der Waals surface area contributed by atoms with Gasteiger partial charge in [0, 0.05) is 23.8 Å². The van der Waals surface area contributed by atoms with Crippen LogP contribution in [0.15, 0.2) is 36.4 Å². The van der Waals surface area contributed by atoms with Crippen molar-refractivity contribution in [3.05, 3.63) is 69.8 Å². The first kappa shape index (κ1) is 23.3. The molecule has 0 unspecified atom stereocenters. The Morgan fingerprint density at radius 1 is 0.727 bits per heavy atom. The minimum atomic E-state index is -1.26. The van der Waals surface area contributed by atoms with Gasteiger partial charge in [-0.05, 0) is 55.7 Å². The van der Waals surface area contributed by atoms with Crippen molar-refractivity contribution in [1.29, 1.82) is 0 Å². The van der Waals surface area contributed by atoms with E-state index in [2.05, 4.69) is 0 Å². The van der Waals surface area contributed by atoms with E-state index in [-0.39, 0.29) is 40.7 Å². The number of carbonyl (C=O) groups is 2. The summed E-state index contributed by atoms with van der Waals surface area (Å²) in [6, 6.07) is 7.67. The summed E-state index contributed by atoms with van der Waals surface area (Å²) in [6.07, 6.45) is 0. The Morgan fingerprint density at radius 2 is 1.30 bits per heavy atom. The summed E-state index contributed by atoms with van der Waals surface area (Å²) < 4.78 is 10.9. The molecule has 3 rings (SSSR count). The summed E-state index contributed by atoms with van der Waals surface area (Å²) in [5.74, 6) is -3.16. The maximum Gasteiger partial charge on any atom is 0.347 e. The fourth-order valence-corrected chi connectivity index (χ4v) is 3.44. The number of esters is 1. The van der Waals surface area contributed by atoms with Crippen LogP contribution in [0.4, 0.5) is 0 Å². The van der Waals surface area contributed by atoms with Crippen LogP contribution in [0, 0.1) is 20.8 Å². The second kappa shape index (κ2) is 8.99. The molecule has 0 spiro atoms. The predicted molar refractivity (Wildman–Crippen MR) is 116 cm³/mol. The lowest BCUT2D eigenvalue weighted by atomic mass is 10.1. The van der Waals surface area contributed by atoms with Crippen LogP contribution in [-0.2, 0) is 6.61 Å². The lowest BCUT2D eigenvalue weighted by Gasteiger charge is -2.14. The fraction of sp³-hybridized carbons (Fsp3) is 0.167. The van der Waals surface area contributed by atoms with Gasteiger partial charge in [0.05, 0.1) is 0 Å². The van der Waals surface area contributed by atoms with E-state index in [1.54, 1.807) is 6.92 Å². The average molecular weight is 454 g/mol. The van der Waals surface area contributed by atoms with Gasteiger partial charge in [0.2, 0.25) is 0 Å². The maximum absolute atomic E-state index is 12.5. The molecule has 33 heavy (non-hydrogen) atoms. The van der Waals surface area contributed by atoms with Crippen LogP contribution in [0.5, 0.6) is 34.5 Å². The molecule has 0 atom stereocenters. The van der Waals surface area contributed by atoms with Crippen molar-refractivity contribution in [2.24, 2.45) is 0 Å². The summed E-state index contributed by atoms with van der Waals surface area (Å²) in [4.78, 5) is 23.7. The highest BCUT2D eigenvalue weighted by Crippen LogP contribution is 2.33. The Balaban J connectivity index is 1.79. The Morgan fingerprint density at radius 3 is 1.88 bits per heavy atom. The molecule has 172 valence electrons. The molecule has 0 fully saturated rings. The van der Waals surface area contributed by atoms with E-state index >= 15 is 0 Å². The number of hydrogen-bond donors (Lipinski definition) is 5. The van der Waals surface area contributed by atoms with Crippen molar-refractivity contribution < 1.29 is 44.6 Å². The second-order valence-corrected chi connectivity index (χ2v) is 7.51. The van der Waals surface area contributed by atoms with Crippen molar-refractivity contribution in [2.75, 3.05) is 0 Å². The zero-order valence-corrected chi connectivity index (χ0v) is 18.0. The molecule has 3 aromatic rings. The van der Waals surface area contributed by atoms with Crippen LogP contribution >= 0.6 is 0 Å². The third-order valence-corrected chi connectivity index (χ3v) is 5.02. The molecular weight excluding hydrogens is 432 g/mol. The molecule has 5 N–H and O–H groups in total. The zero-order chi connectivity index (χ0) is 24.4. The van der Waals surface area contributed by atoms with Gasteiger partial charge in [-0.25, -0.2) is 9.59 Å². The number of carboxylic acids is 1. The highest BCUT2D eigenvalue weighted by atomic mass is 16.5. The summed E-state index contributed by atoms with van der Waals surface area (Å²) >= 11 is 0. The molecule has 0 heterocycles. The molecule has 0 aromatic heterocycles. The molecule has 0 aliphatic rings. The SMILES string of the molecule is Cc1cc(OC(=O)c2c(C)cc(O)cc2O)cc(O)c1COc1cc(C)c(C(=O)O)c(O)c1. The van der Waals surface area contributed by atoms with Crippen molar-refractivity contribution in [3.63, 3.8) is 0 Å². The molecular formula is C24H22O9. The van der Waals surface area contributed by atoms with Crippen LogP contribution in [0.25, 0.3) is 0 Å². The first-order chi connectivity index (χ1) is 15.5. The minimum Gasteiger partial charge on any atom is -0.508 e. The van der Waals surface area contributed by atoms with Gasteiger partial charge in [0.25, 0.3) is 0 Å². The van der Waals surface area contributed by atoms with E-state index in [4.69, 9.17) is 14.6 Å². The highest BCUT2D eigenvalue weighted by Gasteiger charge is 2.20. The predicted octanol–water partition coefficient (Wildman–Crippen LogP) is 3.93. The standard InChI is InChI=1S/C24H22O9/c1-11-5-16(33-24(31)22-12(2)4-14(25)7-19(22)27)9-18(26)17(11)10-32-15-6-13(3)21(23(29)30)20(28)8-15/h4-9,25-28H,10H2,1-3H3,(H,29,30). The van der Waals surface area contributed by atoms with Crippen LogP contribution in [0.3, 0.4) is 0 Å². The molecule has 0 saturated heterocycles. The summed E-state index contributed by atoms with van der Waals surface area (Å²) in [5.41, 5.74) is 1.22. The molecule has 0 amide bonds. The van der Waals surface area contributed by atoms with Gasteiger partial charge in [0.15, 0.2) is 0 Å². The van der Waals surface area contributed by atoms with E-state index in [1.807, 2.05) is 0 Å². The van der Waals surface area contributed by atoms with Gasteiger partial charge in [-0.2, -0.15) is 0 Å². The van der Waals surface area contributed by atoms with Crippen molar-refractivity contribution >= 4 is 11.9 Å². The molecule has 0 saturated carbocycles. The molecule has 0 aliphatic carbocycles. The third kappa shape index (κ3) is 4.93. The molecule has 3 aromatic carbocycles. The molecule has 0 aliphatic heterocycles.